The van der Waals surface area contributed by atoms with Crippen LogP contribution < -0.4 is 0 Å². The van der Waals surface area contributed by atoms with Gasteiger partial charge in [-0.15, -0.1) is 0 Å². The monoisotopic (exact) mass is 262 g/mol. The van der Waals surface area contributed by atoms with Gasteiger partial charge in [0.05, 0.1) is 0 Å². The Hall–Kier alpha value is -1.14. The molecule has 0 aliphatic carbocycles. The van der Waals surface area contributed by atoms with Crippen LogP contribution in [-0.4, -0.2) is 38.2 Å². The third-order valence-electron chi connectivity index (χ3n) is 2.89. The van der Waals surface area contributed by atoms with Crippen LogP contribution in [0.15, 0.2) is 0 Å². The van der Waals surface area contributed by atoms with Crippen molar-refractivity contribution in [1.82, 2.24) is 0 Å². The van der Waals surface area contributed by atoms with E-state index in [-0.39, 0.29) is 25.7 Å². The highest BCUT2D eigenvalue weighted by Crippen LogP contribution is 2.26. The van der Waals surface area contributed by atoms with Gasteiger partial charge in [0.25, 0.3) is 0 Å². The maximum atomic E-state index is 11.0. The van der Waals surface area contributed by atoms with Gasteiger partial charge in [-0.25, -0.2) is 0 Å². The second-order valence-corrected chi connectivity index (χ2v) is 4.51. The van der Waals surface area contributed by atoms with Crippen molar-refractivity contribution in [3.63, 3.8) is 0 Å². The van der Waals surface area contributed by atoms with E-state index < -0.39 is 23.6 Å². The zero-order valence-corrected chi connectivity index (χ0v) is 10.6. The Morgan fingerprint density at radius 2 is 1.72 bits per heavy atom. The van der Waals surface area contributed by atoms with Gasteiger partial charge in [0.15, 0.2) is 5.79 Å². The van der Waals surface area contributed by atoms with Crippen LogP contribution >= 0.6 is 0 Å². The lowest BCUT2D eigenvalue weighted by molar-refractivity contribution is -0.215. The maximum Gasteiger partial charge on any atom is 0.311 e. The molecule has 0 spiro atoms. The van der Waals surface area contributed by atoms with E-state index in [1.165, 1.54) is 0 Å². The fraction of sp³-hybridized carbons (Fsp3) is 0.833. The van der Waals surface area contributed by atoms with Crippen molar-refractivity contribution in [2.24, 2.45) is 5.92 Å². The Balaban J connectivity index is 4.36. The first kappa shape index (κ1) is 16.9. The van der Waals surface area contributed by atoms with Crippen molar-refractivity contribution in [3.05, 3.63) is 0 Å². The molecule has 4 N–H and O–H groups in total. The van der Waals surface area contributed by atoms with Crippen LogP contribution in [0.25, 0.3) is 0 Å². The SMILES string of the molecule is CCCCCC(O)(O)C(CCCC(=O)O)C(=O)O. The number of rotatable bonds is 10. The fourth-order valence-corrected chi connectivity index (χ4v) is 1.82. The van der Waals surface area contributed by atoms with Crippen LogP contribution in [0.3, 0.4) is 0 Å². The molecule has 0 aromatic carbocycles. The van der Waals surface area contributed by atoms with Crippen LogP contribution in [0.5, 0.6) is 0 Å². The molecule has 0 aromatic heterocycles. The quantitative estimate of drug-likeness (QED) is 0.347. The second kappa shape index (κ2) is 8.05. The molecular weight excluding hydrogens is 240 g/mol. The number of hydrogen-bond acceptors (Lipinski definition) is 4. The average Bonchev–Trinajstić information content (AvgIpc) is 2.23. The fourth-order valence-electron chi connectivity index (χ4n) is 1.82. The Bertz CT molecular complexity index is 274. The number of carboxylic acid groups (broad SMARTS) is 2. The molecule has 1 unspecified atom stereocenters. The molecular formula is C12H22O6. The van der Waals surface area contributed by atoms with E-state index in [1.807, 2.05) is 6.92 Å². The molecule has 0 saturated heterocycles. The Morgan fingerprint density at radius 3 is 2.17 bits per heavy atom. The summed E-state index contributed by atoms with van der Waals surface area (Å²) in [5, 5.41) is 37.0. The van der Waals surface area contributed by atoms with Crippen molar-refractivity contribution < 1.29 is 30.0 Å². The highest BCUT2D eigenvalue weighted by atomic mass is 16.5. The molecule has 6 heteroatoms. The highest BCUT2D eigenvalue weighted by molar-refractivity contribution is 5.71. The van der Waals surface area contributed by atoms with Gasteiger partial charge in [-0.2, -0.15) is 0 Å². The van der Waals surface area contributed by atoms with Gasteiger partial charge in [-0.3, -0.25) is 9.59 Å². The summed E-state index contributed by atoms with van der Waals surface area (Å²) in [7, 11) is 0. The van der Waals surface area contributed by atoms with Gasteiger partial charge in [-0.1, -0.05) is 19.8 Å². The first-order chi connectivity index (χ1) is 8.31. The molecule has 0 heterocycles. The molecule has 0 aliphatic heterocycles. The largest absolute Gasteiger partial charge is 0.481 e. The number of aliphatic hydroxyl groups is 2. The molecule has 0 radical (unpaired) electrons. The summed E-state index contributed by atoms with van der Waals surface area (Å²) >= 11 is 0. The van der Waals surface area contributed by atoms with Gasteiger partial charge >= 0.3 is 11.9 Å². The summed E-state index contributed by atoms with van der Waals surface area (Å²) in [4.78, 5) is 21.3. The maximum absolute atomic E-state index is 11.0. The summed E-state index contributed by atoms with van der Waals surface area (Å²) in [5.74, 6) is -5.93. The topological polar surface area (TPSA) is 115 Å². The zero-order chi connectivity index (χ0) is 14.2. The summed E-state index contributed by atoms with van der Waals surface area (Å²) in [6.45, 7) is 1.96. The van der Waals surface area contributed by atoms with Gasteiger partial charge in [0, 0.05) is 12.8 Å². The second-order valence-electron chi connectivity index (χ2n) is 4.51. The summed E-state index contributed by atoms with van der Waals surface area (Å²) in [6, 6.07) is 0. The van der Waals surface area contributed by atoms with Crippen LogP contribution in [0.1, 0.15) is 51.9 Å². The molecule has 0 fully saturated rings. The molecule has 0 rings (SSSR count). The normalized spacial score (nSPS) is 13.3. The van der Waals surface area contributed by atoms with Gasteiger partial charge < -0.3 is 20.4 Å². The minimum Gasteiger partial charge on any atom is -0.481 e. The zero-order valence-electron chi connectivity index (χ0n) is 10.6. The lowest BCUT2D eigenvalue weighted by atomic mass is 9.89. The van der Waals surface area contributed by atoms with E-state index in [4.69, 9.17) is 10.2 Å². The predicted octanol–water partition coefficient (Wildman–Crippen LogP) is 1.20. The molecule has 0 bridgehead atoms. The molecule has 106 valence electrons. The highest BCUT2D eigenvalue weighted by Gasteiger charge is 2.38. The van der Waals surface area contributed by atoms with Crippen LogP contribution in [0.2, 0.25) is 0 Å². The Labute approximate surface area is 106 Å². The Morgan fingerprint density at radius 1 is 1.11 bits per heavy atom. The molecule has 0 aliphatic rings. The lowest BCUT2D eigenvalue weighted by Crippen LogP contribution is -2.42. The molecule has 0 saturated carbocycles. The van der Waals surface area contributed by atoms with Crippen LogP contribution in [-0.2, 0) is 9.59 Å². The van der Waals surface area contributed by atoms with Crippen molar-refractivity contribution in [3.8, 4) is 0 Å². The smallest absolute Gasteiger partial charge is 0.311 e. The minimum atomic E-state index is -2.26. The Kier molecular flexibility index (Phi) is 7.54. The van der Waals surface area contributed by atoms with E-state index in [9.17, 15) is 19.8 Å². The van der Waals surface area contributed by atoms with Gasteiger partial charge in [-0.05, 0) is 19.3 Å². The van der Waals surface area contributed by atoms with E-state index >= 15 is 0 Å². The van der Waals surface area contributed by atoms with Crippen LogP contribution in [0, 0.1) is 5.92 Å². The van der Waals surface area contributed by atoms with E-state index in [0.717, 1.165) is 12.8 Å². The van der Waals surface area contributed by atoms with Crippen molar-refractivity contribution >= 4 is 11.9 Å². The number of carbonyl (C=O) groups is 2. The van der Waals surface area contributed by atoms with E-state index in [0.29, 0.717) is 6.42 Å². The molecule has 0 aromatic rings. The summed E-state index contributed by atoms with van der Waals surface area (Å²) in [5.41, 5.74) is 0. The predicted molar refractivity (Wildman–Crippen MR) is 63.9 cm³/mol. The average molecular weight is 262 g/mol. The van der Waals surface area contributed by atoms with Crippen molar-refractivity contribution in [2.75, 3.05) is 0 Å². The first-order valence-corrected chi connectivity index (χ1v) is 6.20. The van der Waals surface area contributed by atoms with E-state index in [2.05, 4.69) is 0 Å². The number of aliphatic carboxylic acids is 2. The molecule has 6 nitrogen and oxygen atoms in total. The van der Waals surface area contributed by atoms with Gasteiger partial charge in [0.1, 0.15) is 5.92 Å². The molecule has 1 atom stereocenters. The van der Waals surface area contributed by atoms with Crippen molar-refractivity contribution in [2.45, 2.75) is 57.7 Å². The molecule has 18 heavy (non-hydrogen) atoms. The van der Waals surface area contributed by atoms with Crippen molar-refractivity contribution in [1.29, 1.82) is 0 Å². The lowest BCUT2D eigenvalue weighted by Gasteiger charge is -2.28. The first-order valence-electron chi connectivity index (χ1n) is 6.20. The van der Waals surface area contributed by atoms with Crippen LogP contribution in [0.4, 0.5) is 0 Å². The van der Waals surface area contributed by atoms with Gasteiger partial charge in [0.2, 0.25) is 0 Å². The summed E-state index contributed by atoms with van der Waals surface area (Å²) in [6.07, 6.45) is 2.10. The minimum absolute atomic E-state index is 0.00905. The third-order valence-corrected chi connectivity index (χ3v) is 2.89. The van der Waals surface area contributed by atoms with E-state index in [1.54, 1.807) is 0 Å². The molecule has 0 amide bonds. The number of unbranched alkanes of at least 4 members (excludes halogenated alkanes) is 2. The standard InChI is InChI=1S/C12H22O6/c1-2-3-4-8-12(17,18)9(11(15)16)6-5-7-10(13)14/h9,17-18H,2-8H2,1H3,(H,13,14)(H,15,16). The summed E-state index contributed by atoms with van der Waals surface area (Å²) < 4.78 is 0. The number of hydrogen-bond donors (Lipinski definition) is 4. The number of carboxylic acids is 2. The third kappa shape index (κ3) is 6.56.